The highest BCUT2D eigenvalue weighted by Gasteiger charge is 2.35. The predicted molar refractivity (Wildman–Crippen MR) is 82.3 cm³/mol. The van der Waals surface area contributed by atoms with Crippen molar-refractivity contribution >= 4 is 5.91 Å². The minimum atomic E-state index is -2.73. The Bertz CT molecular complexity index is 722. The van der Waals surface area contributed by atoms with E-state index in [1.165, 1.54) is 12.1 Å². The van der Waals surface area contributed by atoms with E-state index in [0.29, 0.717) is 11.6 Å². The van der Waals surface area contributed by atoms with Crippen molar-refractivity contribution in [3.05, 3.63) is 53.1 Å². The quantitative estimate of drug-likeness (QED) is 0.912. The summed E-state index contributed by atoms with van der Waals surface area (Å²) in [7, 11) is 0. The van der Waals surface area contributed by atoms with Gasteiger partial charge in [0, 0.05) is 11.4 Å². The van der Waals surface area contributed by atoms with Crippen molar-refractivity contribution in [1.82, 2.24) is 14.9 Å². The minimum absolute atomic E-state index is 0.0178. The van der Waals surface area contributed by atoms with E-state index in [1.807, 2.05) is 25.1 Å². The number of carbonyl (C=O) groups excluding carboxylic acids is 1. The van der Waals surface area contributed by atoms with Crippen LogP contribution in [0.15, 0.2) is 30.3 Å². The molecule has 1 atom stereocenters. The Kier molecular flexibility index (Phi) is 4.15. The zero-order valence-corrected chi connectivity index (χ0v) is 13.1. The second kappa shape index (κ2) is 6.10. The van der Waals surface area contributed by atoms with Crippen LogP contribution in [0.2, 0.25) is 0 Å². The summed E-state index contributed by atoms with van der Waals surface area (Å²) in [6.45, 7) is 0.714. The van der Waals surface area contributed by atoms with Crippen LogP contribution in [0.1, 0.15) is 53.0 Å². The molecule has 1 aliphatic rings. The average Bonchev–Trinajstić information content (AvgIpc) is 3.26. The third kappa shape index (κ3) is 3.25. The normalized spacial score (nSPS) is 15.7. The van der Waals surface area contributed by atoms with Gasteiger partial charge in [0.25, 0.3) is 5.91 Å². The summed E-state index contributed by atoms with van der Waals surface area (Å²) in [6.07, 6.45) is 2.02. The molecule has 0 aliphatic heterocycles. The van der Waals surface area contributed by atoms with Gasteiger partial charge in [-0.1, -0.05) is 6.07 Å². The Labute approximate surface area is 133 Å². The maximum absolute atomic E-state index is 13.1. The number of rotatable bonds is 5. The molecular weight excluding hydrogens is 300 g/mol. The molecule has 1 saturated carbocycles. The molecule has 0 radical (unpaired) electrons. The van der Waals surface area contributed by atoms with E-state index in [4.69, 9.17) is 0 Å². The van der Waals surface area contributed by atoms with Crippen LogP contribution in [0.25, 0.3) is 0 Å². The van der Waals surface area contributed by atoms with Gasteiger partial charge in [0.1, 0.15) is 5.69 Å². The van der Waals surface area contributed by atoms with E-state index in [2.05, 4.69) is 10.3 Å². The van der Waals surface area contributed by atoms with E-state index >= 15 is 0 Å². The van der Waals surface area contributed by atoms with Crippen LogP contribution in [0, 0.1) is 19.8 Å². The molecular formula is C17H19F2N3O. The zero-order chi connectivity index (χ0) is 16.6. The standard InChI is InChI=1S/C17H19F2N3O/c1-10-4-3-5-13(20-10)15(12-7-8-12)21-16(23)14-9-6-11(2)22(14)17(18)19/h3-6,9,12,15,17H,7-8H2,1-2H3,(H,21,23)/t15-/m0/s1. The summed E-state index contributed by atoms with van der Waals surface area (Å²) in [5, 5.41) is 2.89. The lowest BCUT2D eigenvalue weighted by atomic mass is 10.1. The van der Waals surface area contributed by atoms with Gasteiger partial charge in [-0.3, -0.25) is 14.3 Å². The van der Waals surface area contributed by atoms with E-state index in [1.54, 1.807) is 6.92 Å². The number of aromatic nitrogens is 2. The Morgan fingerprint density at radius 3 is 2.61 bits per heavy atom. The molecule has 4 nitrogen and oxygen atoms in total. The van der Waals surface area contributed by atoms with Crippen LogP contribution in [-0.4, -0.2) is 15.5 Å². The SMILES string of the molecule is Cc1cccc([C@@H](NC(=O)c2ccc(C)n2C(F)F)C2CC2)n1. The minimum Gasteiger partial charge on any atom is -0.342 e. The molecule has 1 amide bonds. The van der Waals surface area contributed by atoms with Gasteiger partial charge in [0.15, 0.2) is 0 Å². The summed E-state index contributed by atoms with van der Waals surface area (Å²) >= 11 is 0. The summed E-state index contributed by atoms with van der Waals surface area (Å²) < 4.78 is 27.0. The highest BCUT2D eigenvalue weighted by molar-refractivity contribution is 5.93. The summed E-state index contributed by atoms with van der Waals surface area (Å²) in [4.78, 5) is 17.0. The number of hydrogen-bond acceptors (Lipinski definition) is 2. The summed E-state index contributed by atoms with van der Waals surface area (Å²) in [6, 6.07) is 8.38. The van der Waals surface area contributed by atoms with Crippen molar-refractivity contribution in [2.24, 2.45) is 5.92 Å². The van der Waals surface area contributed by atoms with Crippen molar-refractivity contribution in [1.29, 1.82) is 0 Å². The highest BCUT2D eigenvalue weighted by atomic mass is 19.3. The Morgan fingerprint density at radius 1 is 1.26 bits per heavy atom. The van der Waals surface area contributed by atoms with Crippen LogP contribution in [0.5, 0.6) is 0 Å². The number of nitrogens with one attached hydrogen (secondary N) is 1. The topological polar surface area (TPSA) is 46.9 Å². The van der Waals surface area contributed by atoms with Crippen molar-refractivity contribution in [3.8, 4) is 0 Å². The molecule has 0 saturated heterocycles. The molecule has 3 rings (SSSR count). The van der Waals surface area contributed by atoms with E-state index in [-0.39, 0.29) is 11.7 Å². The molecule has 2 aromatic rings. The predicted octanol–water partition coefficient (Wildman–Crippen LogP) is 3.78. The van der Waals surface area contributed by atoms with Crippen molar-refractivity contribution < 1.29 is 13.6 Å². The fourth-order valence-electron chi connectivity index (χ4n) is 2.81. The van der Waals surface area contributed by atoms with Gasteiger partial charge >= 0.3 is 6.55 Å². The molecule has 0 bridgehead atoms. The van der Waals surface area contributed by atoms with Gasteiger partial charge in [-0.15, -0.1) is 0 Å². The summed E-state index contributed by atoms with van der Waals surface area (Å²) in [5.74, 6) is -0.164. The number of nitrogens with zero attached hydrogens (tertiary/aromatic N) is 2. The van der Waals surface area contributed by atoms with Gasteiger partial charge in [0.2, 0.25) is 0 Å². The molecule has 1 aliphatic carbocycles. The molecule has 2 heterocycles. The molecule has 1 N–H and O–H groups in total. The lowest BCUT2D eigenvalue weighted by Crippen LogP contribution is -2.32. The molecule has 0 spiro atoms. The first kappa shape index (κ1) is 15.6. The maximum atomic E-state index is 13.1. The summed E-state index contributed by atoms with van der Waals surface area (Å²) in [5.41, 5.74) is 2.00. The molecule has 1 fully saturated rings. The number of halogens is 2. The number of pyridine rings is 1. The lowest BCUT2D eigenvalue weighted by molar-refractivity contribution is 0.0612. The maximum Gasteiger partial charge on any atom is 0.319 e. The van der Waals surface area contributed by atoms with Crippen LogP contribution >= 0.6 is 0 Å². The van der Waals surface area contributed by atoms with Crippen molar-refractivity contribution in [2.45, 2.75) is 39.3 Å². The second-order valence-electron chi connectivity index (χ2n) is 6.00. The van der Waals surface area contributed by atoms with Crippen LogP contribution in [0.4, 0.5) is 8.78 Å². The van der Waals surface area contributed by atoms with Gasteiger partial charge < -0.3 is 5.32 Å². The molecule has 0 aromatic carbocycles. The average molecular weight is 319 g/mol. The number of carbonyl (C=O) groups is 1. The van der Waals surface area contributed by atoms with Gasteiger partial charge in [-0.05, 0) is 56.9 Å². The van der Waals surface area contributed by atoms with Gasteiger partial charge in [-0.2, -0.15) is 8.78 Å². The first-order chi connectivity index (χ1) is 11.0. The fraction of sp³-hybridized carbons (Fsp3) is 0.412. The molecule has 122 valence electrons. The van der Waals surface area contributed by atoms with Crippen molar-refractivity contribution in [2.75, 3.05) is 0 Å². The van der Waals surface area contributed by atoms with Crippen LogP contribution < -0.4 is 5.32 Å². The number of amides is 1. The largest absolute Gasteiger partial charge is 0.342 e. The molecule has 23 heavy (non-hydrogen) atoms. The Hall–Kier alpha value is -2.24. The molecule has 6 heteroatoms. The van der Waals surface area contributed by atoms with Gasteiger partial charge in [0.05, 0.1) is 11.7 Å². The third-order valence-corrected chi connectivity index (χ3v) is 4.16. The van der Waals surface area contributed by atoms with Gasteiger partial charge in [-0.25, -0.2) is 0 Å². The smallest absolute Gasteiger partial charge is 0.319 e. The monoisotopic (exact) mass is 319 g/mol. The highest BCUT2D eigenvalue weighted by Crippen LogP contribution is 2.40. The van der Waals surface area contributed by atoms with E-state index < -0.39 is 12.5 Å². The first-order valence-corrected chi connectivity index (χ1v) is 7.68. The third-order valence-electron chi connectivity index (χ3n) is 4.16. The van der Waals surface area contributed by atoms with Crippen LogP contribution in [0.3, 0.4) is 0 Å². The van der Waals surface area contributed by atoms with Crippen molar-refractivity contribution in [3.63, 3.8) is 0 Å². The van der Waals surface area contributed by atoms with Crippen LogP contribution in [-0.2, 0) is 0 Å². The molecule has 0 unspecified atom stereocenters. The fourth-order valence-corrected chi connectivity index (χ4v) is 2.81. The Morgan fingerprint density at radius 2 is 2.00 bits per heavy atom. The number of hydrogen-bond donors (Lipinski definition) is 1. The molecule has 2 aromatic heterocycles. The second-order valence-corrected chi connectivity index (χ2v) is 6.00. The van der Waals surface area contributed by atoms with E-state index in [0.717, 1.165) is 28.8 Å². The van der Waals surface area contributed by atoms with E-state index in [9.17, 15) is 13.6 Å². The first-order valence-electron chi connectivity index (χ1n) is 7.68. The zero-order valence-electron chi connectivity index (χ0n) is 13.1. The number of aryl methyl sites for hydroxylation is 2. The lowest BCUT2D eigenvalue weighted by Gasteiger charge is -2.19. The number of alkyl halides is 2. The Balaban J connectivity index is 1.85.